The quantitative estimate of drug-likeness (QED) is 0.596. The molecule has 1 rings (SSSR count). The second kappa shape index (κ2) is 8.00. The van der Waals surface area contributed by atoms with Gasteiger partial charge in [0.25, 0.3) is 0 Å². The number of hydrogen-bond donors (Lipinski definition) is 1. The molecule has 0 bridgehead atoms. The van der Waals surface area contributed by atoms with E-state index in [4.69, 9.17) is 14.6 Å². The number of carboxylic acids is 1. The van der Waals surface area contributed by atoms with E-state index in [0.29, 0.717) is 32.4 Å². The molecule has 0 aromatic rings. The summed E-state index contributed by atoms with van der Waals surface area (Å²) >= 11 is 0. The highest BCUT2D eigenvalue weighted by atomic mass is 16.6. The summed E-state index contributed by atoms with van der Waals surface area (Å²) in [7, 11) is 0. The number of nitrogens with zero attached hydrogens (tertiary/aromatic N) is 1. The van der Waals surface area contributed by atoms with Crippen molar-refractivity contribution >= 4 is 18.0 Å². The fourth-order valence-electron chi connectivity index (χ4n) is 2.11. The lowest BCUT2D eigenvalue weighted by molar-refractivity contribution is -0.149. The molecule has 0 spiro atoms. The lowest BCUT2D eigenvalue weighted by atomic mass is 10.2. The van der Waals surface area contributed by atoms with Crippen molar-refractivity contribution in [3.8, 4) is 0 Å². The molecule has 1 saturated heterocycles. The van der Waals surface area contributed by atoms with Gasteiger partial charge in [-0.15, -0.1) is 0 Å². The van der Waals surface area contributed by atoms with E-state index in [1.54, 1.807) is 20.8 Å². The monoisotopic (exact) mass is 315 g/mol. The molecular formula is C15H25NO6. The van der Waals surface area contributed by atoms with E-state index in [-0.39, 0.29) is 24.9 Å². The molecule has 126 valence electrons. The first-order valence-corrected chi connectivity index (χ1v) is 7.56. The Morgan fingerprint density at radius 3 is 2.41 bits per heavy atom. The van der Waals surface area contributed by atoms with Gasteiger partial charge in [0, 0.05) is 25.8 Å². The summed E-state index contributed by atoms with van der Waals surface area (Å²) in [6.07, 6.45) is 1.11. The van der Waals surface area contributed by atoms with E-state index in [1.807, 2.05) is 0 Å². The van der Waals surface area contributed by atoms with Crippen LogP contribution in [0.25, 0.3) is 0 Å². The maximum Gasteiger partial charge on any atom is 0.410 e. The van der Waals surface area contributed by atoms with E-state index in [1.165, 1.54) is 4.90 Å². The van der Waals surface area contributed by atoms with Gasteiger partial charge in [0.15, 0.2) is 0 Å². The minimum Gasteiger partial charge on any atom is -0.481 e. The lowest BCUT2D eigenvalue weighted by Crippen LogP contribution is -2.36. The zero-order valence-electron chi connectivity index (χ0n) is 13.5. The Bertz CT molecular complexity index is 415. The van der Waals surface area contributed by atoms with Crippen LogP contribution in [0.2, 0.25) is 0 Å². The molecule has 1 aliphatic rings. The normalized spacial score (nSPS) is 18.1. The second-order valence-electron chi connectivity index (χ2n) is 6.43. The fraction of sp³-hybridized carbons (Fsp3) is 0.800. The Labute approximate surface area is 130 Å². The van der Waals surface area contributed by atoms with E-state index >= 15 is 0 Å². The number of esters is 1. The molecule has 0 radical (unpaired) electrons. The summed E-state index contributed by atoms with van der Waals surface area (Å²) in [6, 6.07) is 0. The molecule has 0 saturated carbocycles. The van der Waals surface area contributed by atoms with Crippen LogP contribution < -0.4 is 0 Å². The molecule has 1 unspecified atom stereocenters. The molecule has 1 atom stereocenters. The summed E-state index contributed by atoms with van der Waals surface area (Å²) < 4.78 is 10.6. The molecular weight excluding hydrogens is 290 g/mol. The average molecular weight is 315 g/mol. The summed E-state index contributed by atoms with van der Waals surface area (Å²) in [5.41, 5.74) is -0.546. The summed E-state index contributed by atoms with van der Waals surface area (Å²) in [4.78, 5) is 35.4. The van der Waals surface area contributed by atoms with Gasteiger partial charge >= 0.3 is 18.0 Å². The predicted molar refractivity (Wildman–Crippen MR) is 78.4 cm³/mol. The highest BCUT2D eigenvalue weighted by Crippen LogP contribution is 2.18. The summed E-state index contributed by atoms with van der Waals surface area (Å²) in [5.74, 6) is -1.21. The number of carbonyl (C=O) groups is 3. The van der Waals surface area contributed by atoms with Crippen molar-refractivity contribution in [1.82, 2.24) is 4.90 Å². The van der Waals surface area contributed by atoms with Gasteiger partial charge in [-0.3, -0.25) is 9.59 Å². The van der Waals surface area contributed by atoms with Gasteiger partial charge in [-0.05, 0) is 33.6 Å². The standard InChI is InChI=1S/C15H25NO6/c1-15(2,3)22-14(20)16-9-8-11(10-16)21-13(19)7-5-4-6-12(17)18/h11H,4-10H2,1-3H3,(H,17,18). The van der Waals surface area contributed by atoms with Crippen LogP contribution in [0.4, 0.5) is 4.79 Å². The SMILES string of the molecule is CC(C)(C)OC(=O)N1CCC(OC(=O)CCCCC(=O)O)C1. The largest absolute Gasteiger partial charge is 0.481 e. The van der Waals surface area contributed by atoms with Crippen molar-refractivity contribution < 1.29 is 29.0 Å². The number of carbonyl (C=O) groups excluding carboxylic acids is 2. The van der Waals surface area contributed by atoms with Crippen molar-refractivity contribution in [3.05, 3.63) is 0 Å². The van der Waals surface area contributed by atoms with Crippen molar-refractivity contribution in [2.45, 2.75) is 64.6 Å². The topological polar surface area (TPSA) is 93.1 Å². The molecule has 1 heterocycles. The van der Waals surface area contributed by atoms with Gasteiger partial charge in [0.1, 0.15) is 11.7 Å². The van der Waals surface area contributed by atoms with Gasteiger partial charge in [0.2, 0.25) is 0 Å². The molecule has 7 nitrogen and oxygen atoms in total. The Balaban J connectivity index is 2.24. The van der Waals surface area contributed by atoms with Crippen LogP contribution in [-0.2, 0) is 19.1 Å². The smallest absolute Gasteiger partial charge is 0.410 e. The number of aliphatic carboxylic acids is 1. The van der Waals surface area contributed by atoms with Crippen LogP contribution in [0, 0.1) is 0 Å². The molecule has 22 heavy (non-hydrogen) atoms. The first kappa shape index (κ1) is 18.3. The van der Waals surface area contributed by atoms with Gasteiger partial charge in [-0.1, -0.05) is 0 Å². The third-order valence-electron chi connectivity index (χ3n) is 3.12. The maximum atomic E-state index is 11.9. The van der Waals surface area contributed by atoms with Crippen LogP contribution in [0.15, 0.2) is 0 Å². The van der Waals surface area contributed by atoms with Crippen molar-refractivity contribution in [2.75, 3.05) is 13.1 Å². The third-order valence-corrected chi connectivity index (χ3v) is 3.12. The summed E-state index contributed by atoms with van der Waals surface area (Å²) in [5, 5.41) is 8.50. The number of carboxylic acid groups (broad SMARTS) is 1. The zero-order chi connectivity index (χ0) is 16.8. The molecule has 1 aliphatic heterocycles. The first-order valence-electron chi connectivity index (χ1n) is 7.56. The van der Waals surface area contributed by atoms with E-state index in [2.05, 4.69) is 0 Å². The van der Waals surface area contributed by atoms with E-state index in [0.717, 1.165) is 0 Å². The minimum absolute atomic E-state index is 0.0587. The minimum atomic E-state index is -0.864. The molecule has 1 N–H and O–H groups in total. The highest BCUT2D eigenvalue weighted by molar-refractivity contribution is 5.71. The molecule has 1 amide bonds. The number of ether oxygens (including phenoxy) is 2. The molecule has 0 aromatic carbocycles. The summed E-state index contributed by atoms with van der Waals surface area (Å²) in [6.45, 7) is 6.25. The van der Waals surface area contributed by atoms with Gasteiger partial charge in [-0.25, -0.2) is 4.79 Å². The number of rotatable bonds is 6. The average Bonchev–Trinajstić information content (AvgIpc) is 2.81. The maximum absolute atomic E-state index is 11.9. The van der Waals surface area contributed by atoms with Crippen molar-refractivity contribution in [2.24, 2.45) is 0 Å². The van der Waals surface area contributed by atoms with Crippen LogP contribution in [-0.4, -0.2) is 52.8 Å². The van der Waals surface area contributed by atoms with Gasteiger partial charge < -0.3 is 19.5 Å². The Morgan fingerprint density at radius 1 is 1.18 bits per heavy atom. The Hall–Kier alpha value is -1.79. The molecule has 0 aromatic heterocycles. The van der Waals surface area contributed by atoms with E-state index in [9.17, 15) is 14.4 Å². The number of unbranched alkanes of at least 4 members (excludes halogenated alkanes) is 1. The van der Waals surface area contributed by atoms with E-state index < -0.39 is 17.7 Å². The number of hydrogen-bond acceptors (Lipinski definition) is 5. The van der Waals surface area contributed by atoms with Crippen molar-refractivity contribution in [3.63, 3.8) is 0 Å². The lowest BCUT2D eigenvalue weighted by Gasteiger charge is -2.24. The molecule has 1 fully saturated rings. The van der Waals surface area contributed by atoms with Gasteiger partial charge in [0.05, 0.1) is 6.54 Å². The van der Waals surface area contributed by atoms with Crippen LogP contribution in [0.5, 0.6) is 0 Å². The first-order chi connectivity index (χ1) is 10.2. The Kier molecular flexibility index (Phi) is 6.64. The highest BCUT2D eigenvalue weighted by Gasteiger charge is 2.31. The molecule has 0 aliphatic carbocycles. The number of amides is 1. The molecule has 7 heteroatoms. The van der Waals surface area contributed by atoms with Crippen LogP contribution >= 0.6 is 0 Å². The third kappa shape index (κ3) is 7.28. The van der Waals surface area contributed by atoms with Gasteiger partial charge in [-0.2, -0.15) is 0 Å². The fourth-order valence-corrected chi connectivity index (χ4v) is 2.11. The van der Waals surface area contributed by atoms with Crippen LogP contribution in [0.1, 0.15) is 52.9 Å². The predicted octanol–water partition coefficient (Wildman–Crippen LogP) is 2.18. The van der Waals surface area contributed by atoms with Crippen LogP contribution in [0.3, 0.4) is 0 Å². The number of likely N-dealkylation sites (tertiary alicyclic amines) is 1. The second-order valence-corrected chi connectivity index (χ2v) is 6.43. The zero-order valence-corrected chi connectivity index (χ0v) is 13.5. The Morgan fingerprint density at radius 2 is 1.82 bits per heavy atom. The van der Waals surface area contributed by atoms with Crippen molar-refractivity contribution in [1.29, 1.82) is 0 Å².